The zero-order valence-electron chi connectivity index (χ0n) is 17.3. The van der Waals surface area contributed by atoms with Gasteiger partial charge in [-0.05, 0) is 55.7 Å². The molecule has 0 saturated carbocycles. The highest BCUT2D eigenvalue weighted by Gasteiger charge is 2.30. The molecular formula is C22H30N4O. The number of anilines is 1. The summed E-state index contributed by atoms with van der Waals surface area (Å²) < 4.78 is 0. The monoisotopic (exact) mass is 366 g/mol. The molecule has 5 heteroatoms. The number of aryl methyl sites for hydroxylation is 3. The van der Waals surface area contributed by atoms with Crippen LogP contribution in [0.4, 0.5) is 5.82 Å². The van der Waals surface area contributed by atoms with Crippen LogP contribution in [0.1, 0.15) is 37.5 Å². The van der Waals surface area contributed by atoms with Crippen LogP contribution in [-0.2, 0) is 4.79 Å². The summed E-state index contributed by atoms with van der Waals surface area (Å²) >= 11 is 0. The predicted octanol–water partition coefficient (Wildman–Crippen LogP) is 3.76. The third-order valence-electron chi connectivity index (χ3n) is 5.30. The van der Waals surface area contributed by atoms with Gasteiger partial charge in [0.15, 0.2) is 5.82 Å². The number of hydrogen-bond donors (Lipinski definition) is 0. The number of hydrogen-bond acceptors (Lipinski definition) is 4. The Morgan fingerprint density at radius 1 is 0.889 bits per heavy atom. The fraction of sp³-hybridized carbons (Fsp3) is 0.500. The molecule has 0 unspecified atom stereocenters. The van der Waals surface area contributed by atoms with Gasteiger partial charge in [0, 0.05) is 37.2 Å². The fourth-order valence-electron chi connectivity index (χ4n) is 3.49. The van der Waals surface area contributed by atoms with Gasteiger partial charge in [-0.25, -0.2) is 0 Å². The number of piperazine rings is 1. The SMILES string of the molecule is Cc1cc(C)c(-c2ccc(N3CCN(C(=O)C(C)(C)C)CC3)nn2)cc1C. The molecule has 0 atom stereocenters. The predicted molar refractivity (Wildman–Crippen MR) is 110 cm³/mol. The highest BCUT2D eigenvalue weighted by atomic mass is 16.2. The highest BCUT2D eigenvalue weighted by Crippen LogP contribution is 2.26. The molecule has 2 aromatic rings. The lowest BCUT2D eigenvalue weighted by molar-refractivity contribution is -0.139. The van der Waals surface area contributed by atoms with Gasteiger partial charge in [0.25, 0.3) is 0 Å². The Labute approximate surface area is 162 Å². The van der Waals surface area contributed by atoms with Crippen LogP contribution in [0, 0.1) is 26.2 Å². The lowest BCUT2D eigenvalue weighted by Gasteiger charge is -2.38. The van der Waals surface area contributed by atoms with Crippen molar-refractivity contribution in [3.63, 3.8) is 0 Å². The molecule has 5 nitrogen and oxygen atoms in total. The number of nitrogens with zero attached hydrogens (tertiary/aromatic N) is 4. The second kappa shape index (κ2) is 7.29. The second-order valence-corrected chi connectivity index (χ2v) is 8.56. The van der Waals surface area contributed by atoms with E-state index in [1.165, 1.54) is 16.7 Å². The summed E-state index contributed by atoms with van der Waals surface area (Å²) in [5.41, 5.74) is 5.49. The van der Waals surface area contributed by atoms with Gasteiger partial charge in [-0.2, -0.15) is 0 Å². The Morgan fingerprint density at radius 2 is 1.52 bits per heavy atom. The van der Waals surface area contributed by atoms with E-state index in [4.69, 9.17) is 0 Å². The topological polar surface area (TPSA) is 49.3 Å². The van der Waals surface area contributed by atoms with Crippen molar-refractivity contribution >= 4 is 11.7 Å². The van der Waals surface area contributed by atoms with E-state index >= 15 is 0 Å². The minimum absolute atomic E-state index is 0.216. The van der Waals surface area contributed by atoms with Crippen LogP contribution in [0.15, 0.2) is 24.3 Å². The molecule has 0 N–H and O–H groups in total. The molecule has 0 radical (unpaired) electrons. The van der Waals surface area contributed by atoms with Gasteiger partial charge in [0.2, 0.25) is 5.91 Å². The zero-order chi connectivity index (χ0) is 19.8. The number of benzene rings is 1. The summed E-state index contributed by atoms with van der Waals surface area (Å²) in [6.45, 7) is 15.3. The maximum atomic E-state index is 12.4. The van der Waals surface area contributed by atoms with Crippen molar-refractivity contribution in [3.8, 4) is 11.3 Å². The van der Waals surface area contributed by atoms with Crippen LogP contribution in [-0.4, -0.2) is 47.2 Å². The first-order chi connectivity index (χ1) is 12.7. The normalized spacial score (nSPS) is 15.2. The van der Waals surface area contributed by atoms with Crippen molar-refractivity contribution in [2.45, 2.75) is 41.5 Å². The number of carbonyl (C=O) groups is 1. The first kappa shape index (κ1) is 19.3. The molecule has 27 heavy (non-hydrogen) atoms. The van der Waals surface area contributed by atoms with E-state index in [2.05, 4.69) is 48.0 Å². The minimum Gasteiger partial charge on any atom is -0.352 e. The van der Waals surface area contributed by atoms with Gasteiger partial charge in [-0.1, -0.05) is 26.8 Å². The quantitative estimate of drug-likeness (QED) is 0.812. The maximum Gasteiger partial charge on any atom is 0.228 e. The van der Waals surface area contributed by atoms with Crippen LogP contribution < -0.4 is 4.90 Å². The van der Waals surface area contributed by atoms with Gasteiger partial charge < -0.3 is 9.80 Å². The van der Waals surface area contributed by atoms with Gasteiger partial charge in [-0.15, -0.1) is 10.2 Å². The molecule has 0 bridgehead atoms. The standard InChI is InChI=1S/C22H30N4O/c1-15-13-17(3)18(14-16(15)2)19-7-8-20(24-23-19)25-9-11-26(12-10-25)21(27)22(4,5)6/h7-8,13-14H,9-12H2,1-6H3. The van der Waals surface area contributed by atoms with Crippen molar-refractivity contribution in [1.29, 1.82) is 0 Å². The highest BCUT2D eigenvalue weighted by molar-refractivity contribution is 5.81. The van der Waals surface area contributed by atoms with Gasteiger partial charge in [-0.3, -0.25) is 4.79 Å². The van der Waals surface area contributed by atoms with Gasteiger partial charge in [0.1, 0.15) is 0 Å². The summed E-state index contributed by atoms with van der Waals surface area (Å²) in [5.74, 6) is 1.09. The Kier molecular flexibility index (Phi) is 5.22. The average molecular weight is 367 g/mol. The molecule has 0 aliphatic carbocycles. The van der Waals surface area contributed by atoms with Crippen LogP contribution in [0.3, 0.4) is 0 Å². The van der Waals surface area contributed by atoms with Crippen LogP contribution in [0.5, 0.6) is 0 Å². The van der Waals surface area contributed by atoms with E-state index in [0.29, 0.717) is 0 Å². The minimum atomic E-state index is -0.326. The molecule has 1 fully saturated rings. The van der Waals surface area contributed by atoms with Crippen molar-refractivity contribution in [2.75, 3.05) is 31.1 Å². The molecule has 3 rings (SSSR count). The van der Waals surface area contributed by atoms with Crippen LogP contribution in [0.25, 0.3) is 11.3 Å². The molecule has 2 heterocycles. The Hall–Kier alpha value is -2.43. The van der Waals surface area contributed by atoms with E-state index in [9.17, 15) is 4.79 Å². The molecule has 0 spiro atoms. The molecule has 144 valence electrons. The molecule has 1 aromatic heterocycles. The van der Waals surface area contributed by atoms with Crippen molar-refractivity contribution in [3.05, 3.63) is 41.0 Å². The molecule has 1 aliphatic rings. The maximum absolute atomic E-state index is 12.4. The van der Waals surface area contributed by atoms with Crippen molar-refractivity contribution < 1.29 is 4.79 Å². The van der Waals surface area contributed by atoms with E-state index in [-0.39, 0.29) is 11.3 Å². The molecule has 1 aliphatic heterocycles. The lowest BCUT2D eigenvalue weighted by atomic mass is 9.94. The third-order valence-corrected chi connectivity index (χ3v) is 5.30. The Morgan fingerprint density at radius 3 is 2.07 bits per heavy atom. The van der Waals surface area contributed by atoms with Crippen molar-refractivity contribution in [1.82, 2.24) is 15.1 Å². The summed E-state index contributed by atoms with van der Waals surface area (Å²) in [6, 6.07) is 8.47. The summed E-state index contributed by atoms with van der Waals surface area (Å²) in [7, 11) is 0. The summed E-state index contributed by atoms with van der Waals surface area (Å²) in [6.07, 6.45) is 0. The van der Waals surface area contributed by atoms with E-state index in [0.717, 1.165) is 43.3 Å². The molecule has 1 amide bonds. The lowest BCUT2D eigenvalue weighted by Crippen LogP contribution is -2.51. The zero-order valence-corrected chi connectivity index (χ0v) is 17.3. The van der Waals surface area contributed by atoms with E-state index in [1.807, 2.05) is 37.8 Å². The first-order valence-corrected chi connectivity index (χ1v) is 9.63. The summed E-state index contributed by atoms with van der Waals surface area (Å²) in [4.78, 5) is 16.6. The number of amides is 1. The third kappa shape index (κ3) is 4.12. The first-order valence-electron chi connectivity index (χ1n) is 9.63. The largest absolute Gasteiger partial charge is 0.352 e. The molecule has 1 saturated heterocycles. The molecular weight excluding hydrogens is 336 g/mol. The van der Waals surface area contributed by atoms with Crippen LogP contribution in [0.2, 0.25) is 0 Å². The smallest absolute Gasteiger partial charge is 0.228 e. The summed E-state index contributed by atoms with van der Waals surface area (Å²) in [5, 5.41) is 8.94. The Balaban J connectivity index is 1.70. The number of aromatic nitrogens is 2. The number of carbonyl (C=O) groups excluding carboxylic acids is 1. The van der Waals surface area contributed by atoms with Gasteiger partial charge >= 0.3 is 0 Å². The number of rotatable bonds is 2. The van der Waals surface area contributed by atoms with Crippen molar-refractivity contribution in [2.24, 2.45) is 5.41 Å². The second-order valence-electron chi connectivity index (χ2n) is 8.56. The van der Waals surface area contributed by atoms with E-state index in [1.54, 1.807) is 0 Å². The van der Waals surface area contributed by atoms with Crippen LogP contribution >= 0.6 is 0 Å². The fourth-order valence-corrected chi connectivity index (χ4v) is 3.49. The Bertz CT molecular complexity index is 829. The van der Waals surface area contributed by atoms with E-state index < -0.39 is 0 Å². The molecule has 1 aromatic carbocycles. The van der Waals surface area contributed by atoms with Gasteiger partial charge in [0.05, 0.1) is 5.69 Å². The average Bonchev–Trinajstić information content (AvgIpc) is 2.64.